The molecule has 0 aliphatic heterocycles. The summed E-state index contributed by atoms with van der Waals surface area (Å²) in [5, 5.41) is 0. The number of hydrogen-bond donors (Lipinski definition) is 2. The van der Waals surface area contributed by atoms with Gasteiger partial charge >= 0.3 is 0 Å². The van der Waals surface area contributed by atoms with E-state index in [2.05, 4.69) is 10.4 Å². The SMILES string of the molecule is COc1cc(OC)cc(C(NN)c2cncs2)c1. The summed E-state index contributed by atoms with van der Waals surface area (Å²) in [7, 11) is 3.24. The fraction of sp³-hybridized carbons (Fsp3) is 0.250. The lowest BCUT2D eigenvalue weighted by Gasteiger charge is -2.16. The summed E-state index contributed by atoms with van der Waals surface area (Å²) in [5.41, 5.74) is 5.53. The van der Waals surface area contributed by atoms with Gasteiger partial charge in [-0.25, -0.2) is 5.43 Å². The van der Waals surface area contributed by atoms with Gasteiger partial charge in [0.05, 0.1) is 25.8 Å². The van der Waals surface area contributed by atoms with E-state index in [4.69, 9.17) is 15.3 Å². The van der Waals surface area contributed by atoms with Gasteiger partial charge in [-0.3, -0.25) is 10.8 Å². The number of nitrogens with one attached hydrogen (secondary N) is 1. The summed E-state index contributed by atoms with van der Waals surface area (Å²) in [5.74, 6) is 7.09. The van der Waals surface area contributed by atoms with Gasteiger partial charge in [0.1, 0.15) is 11.5 Å². The molecule has 2 rings (SSSR count). The Labute approximate surface area is 110 Å². The molecule has 1 heterocycles. The van der Waals surface area contributed by atoms with Gasteiger partial charge in [-0.05, 0) is 17.7 Å². The van der Waals surface area contributed by atoms with E-state index in [0.29, 0.717) is 0 Å². The Morgan fingerprint density at radius 3 is 2.33 bits per heavy atom. The summed E-state index contributed by atoms with van der Waals surface area (Å²) in [4.78, 5) is 5.10. The molecule has 1 unspecified atom stereocenters. The number of nitrogens with zero attached hydrogens (tertiary/aromatic N) is 1. The van der Waals surface area contributed by atoms with Crippen LogP contribution in [0.15, 0.2) is 29.9 Å². The fourth-order valence-corrected chi connectivity index (χ4v) is 2.41. The second-order valence-corrected chi connectivity index (χ2v) is 4.57. The van der Waals surface area contributed by atoms with Gasteiger partial charge in [-0.15, -0.1) is 11.3 Å². The fourth-order valence-electron chi connectivity index (χ4n) is 1.71. The number of thiazole rings is 1. The first-order valence-electron chi connectivity index (χ1n) is 5.36. The molecule has 1 atom stereocenters. The van der Waals surface area contributed by atoms with Crippen LogP contribution in [0, 0.1) is 0 Å². The van der Waals surface area contributed by atoms with Crippen molar-refractivity contribution in [2.75, 3.05) is 14.2 Å². The van der Waals surface area contributed by atoms with Gasteiger partial charge in [-0.2, -0.15) is 0 Å². The van der Waals surface area contributed by atoms with Gasteiger partial charge in [0.15, 0.2) is 0 Å². The van der Waals surface area contributed by atoms with Gasteiger partial charge in [0, 0.05) is 17.1 Å². The van der Waals surface area contributed by atoms with E-state index in [1.54, 1.807) is 37.3 Å². The van der Waals surface area contributed by atoms with Crippen molar-refractivity contribution in [2.45, 2.75) is 6.04 Å². The molecule has 6 heteroatoms. The van der Waals surface area contributed by atoms with Crippen LogP contribution in [0.3, 0.4) is 0 Å². The molecule has 0 amide bonds. The predicted molar refractivity (Wildman–Crippen MR) is 70.8 cm³/mol. The van der Waals surface area contributed by atoms with Crippen LogP contribution in [-0.4, -0.2) is 19.2 Å². The second-order valence-electron chi connectivity index (χ2n) is 3.65. The monoisotopic (exact) mass is 265 g/mol. The third-order valence-electron chi connectivity index (χ3n) is 2.61. The van der Waals surface area contributed by atoms with E-state index in [9.17, 15) is 0 Å². The maximum Gasteiger partial charge on any atom is 0.122 e. The molecule has 0 spiro atoms. The summed E-state index contributed by atoms with van der Waals surface area (Å²) in [6.07, 6.45) is 1.79. The zero-order valence-corrected chi connectivity index (χ0v) is 11.0. The van der Waals surface area contributed by atoms with E-state index in [1.165, 1.54) is 0 Å². The van der Waals surface area contributed by atoms with Gasteiger partial charge in [-0.1, -0.05) is 0 Å². The first kappa shape index (κ1) is 12.8. The number of rotatable bonds is 5. The average molecular weight is 265 g/mol. The van der Waals surface area contributed by atoms with Crippen molar-refractivity contribution >= 4 is 11.3 Å². The van der Waals surface area contributed by atoms with Gasteiger partial charge in [0.25, 0.3) is 0 Å². The Morgan fingerprint density at radius 1 is 1.22 bits per heavy atom. The highest BCUT2D eigenvalue weighted by molar-refractivity contribution is 7.09. The van der Waals surface area contributed by atoms with Crippen molar-refractivity contribution in [1.29, 1.82) is 0 Å². The Morgan fingerprint density at radius 2 is 1.89 bits per heavy atom. The van der Waals surface area contributed by atoms with Crippen LogP contribution in [0.2, 0.25) is 0 Å². The lowest BCUT2D eigenvalue weighted by atomic mass is 10.1. The number of nitrogens with two attached hydrogens (primary N) is 1. The Kier molecular flexibility index (Phi) is 4.14. The van der Waals surface area contributed by atoms with Gasteiger partial charge in [0.2, 0.25) is 0 Å². The van der Waals surface area contributed by atoms with E-state index >= 15 is 0 Å². The van der Waals surface area contributed by atoms with E-state index in [-0.39, 0.29) is 6.04 Å². The number of ether oxygens (including phenoxy) is 2. The molecule has 3 N–H and O–H groups in total. The second kappa shape index (κ2) is 5.81. The number of hydrogen-bond acceptors (Lipinski definition) is 6. The summed E-state index contributed by atoms with van der Waals surface area (Å²) < 4.78 is 10.5. The van der Waals surface area contributed by atoms with Crippen molar-refractivity contribution in [3.8, 4) is 11.5 Å². The third-order valence-corrected chi connectivity index (χ3v) is 3.45. The first-order valence-corrected chi connectivity index (χ1v) is 6.24. The van der Waals surface area contributed by atoms with E-state index in [0.717, 1.165) is 21.9 Å². The highest BCUT2D eigenvalue weighted by Gasteiger charge is 2.16. The minimum atomic E-state index is -0.124. The zero-order valence-electron chi connectivity index (χ0n) is 10.2. The molecule has 0 bridgehead atoms. The van der Waals surface area contributed by atoms with Crippen LogP contribution in [0.4, 0.5) is 0 Å². The first-order chi connectivity index (χ1) is 8.78. The number of benzene rings is 1. The number of aromatic nitrogens is 1. The molecule has 0 radical (unpaired) electrons. The molecular weight excluding hydrogens is 250 g/mol. The highest BCUT2D eigenvalue weighted by Crippen LogP contribution is 2.30. The lowest BCUT2D eigenvalue weighted by Crippen LogP contribution is -2.28. The third kappa shape index (κ3) is 2.61. The summed E-state index contributed by atoms with van der Waals surface area (Å²) in [6.45, 7) is 0. The van der Waals surface area contributed by atoms with Crippen LogP contribution in [0.1, 0.15) is 16.5 Å². The normalized spacial score (nSPS) is 12.2. The van der Waals surface area contributed by atoms with Gasteiger partial charge < -0.3 is 9.47 Å². The molecule has 1 aromatic carbocycles. The lowest BCUT2D eigenvalue weighted by molar-refractivity contribution is 0.392. The molecule has 0 aliphatic rings. The Bertz CT molecular complexity index is 480. The smallest absolute Gasteiger partial charge is 0.122 e. The van der Waals surface area contributed by atoms with Crippen molar-refractivity contribution < 1.29 is 9.47 Å². The van der Waals surface area contributed by atoms with Crippen LogP contribution in [0.5, 0.6) is 11.5 Å². The number of methoxy groups -OCH3 is 2. The quantitative estimate of drug-likeness (QED) is 0.636. The molecule has 96 valence electrons. The maximum absolute atomic E-state index is 5.63. The molecule has 0 saturated carbocycles. The summed E-state index contributed by atoms with van der Waals surface area (Å²) in [6, 6.07) is 5.55. The molecule has 5 nitrogen and oxygen atoms in total. The number of hydrazine groups is 1. The molecule has 0 aliphatic carbocycles. The molecule has 2 aromatic rings. The van der Waals surface area contributed by atoms with Crippen LogP contribution in [-0.2, 0) is 0 Å². The van der Waals surface area contributed by atoms with Crippen LogP contribution >= 0.6 is 11.3 Å². The molecule has 1 aromatic heterocycles. The molecule has 0 fully saturated rings. The minimum absolute atomic E-state index is 0.124. The predicted octanol–water partition coefficient (Wildman–Crippen LogP) is 1.71. The van der Waals surface area contributed by atoms with E-state index < -0.39 is 0 Å². The molecule has 0 saturated heterocycles. The standard InChI is InChI=1S/C12H15N3O2S/c1-16-9-3-8(4-10(5-9)17-2)12(15-13)11-6-14-7-18-11/h3-7,12,15H,13H2,1-2H3. The zero-order chi connectivity index (χ0) is 13.0. The van der Waals surface area contributed by atoms with E-state index in [1.807, 2.05) is 18.2 Å². The van der Waals surface area contributed by atoms with Crippen molar-refractivity contribution in [3.63, 3.8) is 0 Å². The topological polar surface area (TPSA) is 69.4 Å². The van der Waals surface area contributed by atoms with Crippen molar-refractivity contribution in [2.24, 2.45) is 5.84 Å². The van der Waals surface area contributed by atoms with Crippen molar-refractivity contribution in [1.82, 2.24) is 10.4 Å². The summed E-state index contributed by atoms with van der Waals surface area (Å²) >= 11 is 1.54. The maximum atomic E-state index is 5.63. The van der Waals surface area contributed by atoms with Crippen molar-refractivity contribution in [3.05, 3.63) is 40.3 Å². The minimum Gasteiger partial charge on any atom is -0.497 e. The average Bonchev–Trinajstić information content (AvgIpc) is 2.93. The van der Waals surface area contributed by atoms with Crippen LogP contribution in [0.25, 0.3) is 0 Å². The van der Waals surface area contributed by atoms with Crippen LogP contribution < -0.4 is 20.7 Å². The molecular formula is C12H15N3O2S. The molecule has 18 heavy (non-hydrogen) atoms. The Balaban J connectivity index is 2.41. The highest BCUT2D eigenvalue weighted by atomic mass is 32.1. The Hall–Kier alpha value is -1.63. The largest absolute Gasteiger partial charge is 0.497 e.